The first kappa shape index (κ1) is 14.4. The number of hydrogen-bond acceptors (Lipinski definition) is 4. The summed E-state index contributed by atoms with van der Waals surface area (Å²) in [6, 6.07) is 17.4. The van der Waals surface area contributed by atoms with E-state index in [9.17, 15) is 0 Å². The summed E-state index contributed by atoms with van der Waals surface area (Å²) in [4.78, 5) is 2.05. The number of hydrogen-bond donors (Lipinski definition) is 0. The second-order valence-electron chi connectivity index (χ2n) is 4.76. The molecule has 0 radical (unpaired) electrons. The van der Waals surface area contributed by atoms with Crippen LogP contribution in [-0.4, -0.2) is 6.04 Å². The van der Waals surface area contributed by atoms with Gasteiger partial charge in [-0.2, -0.15) is 10.5 Å². The molecule has 0 bridgehead atoms. The van der Waals surface area contributed by atoms with Gasteiger partial charge in [0.1, 0.15) is 23.5 Å². The summed E-state index contributed by atoms with van der Waals surface area (Å²) in [5.74, 6) is 1.17. The number of benzene rings is 1. The monoisotopic (exact) mass is 277 g/mol. The van der Waals surface area contributed by atoms with Crippen LogP contribution in [0.1, 0.15) is 19.6 Å². The maximum absolute atomic E-state index is 8.78. The fourth-order valence-corrected chi connectivity index (χ4v) is 2.05. The highest BCUT2D eigenvalue weighted by Crippen LogP contribution is 2.30. The molecule has 4 heteroatoms. The van der Waals surface area contributed by atoms with Gasteiger partial charge >= 0.3 is 0 Å². The Labute approximate surface area is 124 Å². The van der Waals surface area contributed by atoms with E-state index in [0.29, 0.717) is 11.6 Å². The molecule has 0 atom stereocenters. The van der Waals surface area contributed by atoms with Crippen LogP contribution in [0.5, 0.6) is 0 Å². The molecule has 0 spiro atoms. The van der Waals surface area contributed by atoms with Crippen LogP contribution in [0.2, 0.25) is 0 Å². The number of nitriles is 2. The molecule has 0 amide bonds. The highest BCUT2D eigenvalue weighted by Gasteiger charge is 2.16. The zero-order valence-electron chi connectivity index (χ0n) is 11.9. The van der Waals surface area contributed by atoms with Crippen molar-refractivity contribution >= 4 is 17.6 Å². The summed E-state index contributed by atoms with van der Waals surface area (Å²) in [6.45, 7) is 4.14. The second kappa shape index (κ2) is 6.45. The second-order valence-corrected chi connectivity index (χ2v) is 4.76. The topological polar surface area (TPSA) is 64.0 Å². The van der Waals surface area contributed by atoms with E-state index >= 15 is 0 Å². The van der Waals surface area contributed by atoms with E-state index in [2.05, 4.69) is 18.7 Å². The summed E-state index contributed by atoms with van der Waals surface area (Å²) in [6.07, 6.45) is 1.44. The van der Waals surface area contributed by atoms with Crippen molar-refractivity contribution in [3.8, 4) is 12.1 Å². The quantitative estimate of drug-likeness (QED) is 0.783. The van der Waals surface area contributed by atoms with Gasteiger partial charge in [0.15, 0.2) is 0 Å². The van der Waals surface area contributed by atoms with E-state index in [4.69, 9.17) is 14.9 Å². The molecule has 0 N–H and O–H groups in total. The van der Waals surface area contributed by atoms with E-state index < -0.39 is 0 Å². The van der Waals surface area contributed by atoms with Crippen molar-refractivity contribution in [1.29, 1.82) is 10.5 Å². The average Bonchev–Trinajstić information content (AvgIpc) is 2.94. The number of nitrogens with zero attached hydrogens (tertiary/aromatic N) is 3. The van der Waals surface area contributed by atoms with Gasteiger partial charge in [0, 0.05) is 23.9 Å². The van der Waals surface area contributed by atoms with Crippen LogP contribution in [0.15, 0.2) is 52.5 Å². The molecule has 4 nitrogen and oxygen atoms in total. The minimum absolute atomic E-state index is 0.0201. The Hall–Kier alpha value is -2.98. The molecule has 0 aliphatic carbocycles. The van der Waals surface area contributed by atoms with Crippen molar-refractivity contribution in [2.24, 2.45) is 0 Å². The predicted octanol–water partition coefficient (Wildman–Crippen LogP) is 4.26. The van der Waals surface area contributed by atoms with Crippen molar-refractivity contribution in [3.05, 3.63) is 53.8 Å². The summed E-state index contributed by atoms with van der Waals surface area (Å²) >= 11 is 0. The lowest BCUT2D eigenvalue weighted by Crippen LogP contribution is -2.24. The van der Waals surface area contributed by atoms with Crippen molar-refractivity contribution in [2.75, 3.05) is 4.90 Å². The SMILES string of the molecule is CC(C)N(c1ccccc1)c1ccc(C=C(C#N)C#N)o1. The molecule has 1 aromatic heterocycles. The summed E-state index contributed by atoms with van der Waals surface area (Å²) in [5.41, 5.74) is 1.05. The number of allylic oxidation sites excluding steroid dienone is 1. The molecule has 0 aliphatic rings. The largest absolute Gasteiger partial charge is 0.441 e. The lowest BCUT2D eigenvalue weighted by Gasteiger charge is -2.26. The maximum atomic E-state index is 8.78. The molecule has 0 unspecified atom stereocenters. The van der Waals surface area contributed by atoms with E-state index in [1.807, 2.05) is 48.5 Å². The Morgan fingerprint density at radius 3 is 2.33 bits per heavy atom. The smallest absolute Gasteiger partial charge is 0.200 e. The molecule has 0 fully saturated rings. The Kier molecular flexibility index (Phi) is 4.43. The van der Waals surface area contributed by atoms with E-state index in [1.165, 1.54) is 6.08 Å². The highest BCUT2D eigenvalue weighted by molar-refractivity contribution is 5.63. The molecule has 21 heavy (non-hydrogen) atoms. The fraction of sp³-hybridized carbons (Fsp3) is 0.176. The molecule has 0 saturated carbocycles. The summed E-state index contributed by atoms with van der Waals surface area (Å²) in [5, 5.41) is 17.6. The van der Waals surface area contributed by atoms with Crippen LogP contribution in [-0.2, 0) is 0 Å². The Balaban J connectivity index is 2.37. The van der Waals surface area contributed by atoms with Gasteiger partial charge < -0.3 is 9.32 Å². The predicted molar refractivity (Wildman–Crippen MR) is 81.6 cm³/mol. The minimum atomic E-state index is 0.0201. The van der Waals surface area contributed by atoms with Gasteiger partial charge in [-0.15, -0.1) is 0 Å². The standard InChI is InChI=1S/C17H15N3O/c1-13(2)20(15-6-4-3-5-7-15)17-9-8-16(21-17)10-14(11-18)12-19/h3-10,13H,1-2H3. The highest BCUT2D eigenvalue weighted by atomic mass is 16.4. The molecule has 2 aromatic rings. The van der Waals surface area contributed by atoms with Crippen molar-refractivity contribution < 1.29 is 4.42 Å². The van der Waals surface area contributed by atoms with Gasteiger partial charge in [0.05, 0.1) is 0 Å². The zero-order chi connectivity index (χ0) is 15.2. The number of anilines is 2. The van der Waals surface area contributed by atoms with Gasteiger partial charge in [-0.3, -0.25) is 0 Å². The molecular formula is C17H15N3O. The van der Waals surface area contributed by atoms with Crippen LogP contribution in [0.25, 0.3) is 6.08 Å². The molecule has 0 saturated heterocycles. The normalized spacial score (nSPS) is 9.76. The first-order chi connectivity index (χ1) is 10.2. The molecule has 1 heterocycles. The van der Waals surface area contributed by atoms with Crippen molar-refractivity contribution in [1.82, 2.24) is 0 Å². The fourth-order valence-electron chi connectivity index (χ4n) is 2.05. The Bertz CT molecular complexity index is 698. The van der Waals surface area contributed by atoms with Crippen molar-refractivity contribution in [3.63, 3.8) is 0 Å². The Morgan fingerprint density at radius 2 is 1.76 bits per heavy atom. The lowest BCUT2D eigenvalue weighted by molar-refractivity contribution is 0.540. The van der Waals surface area contributed by atoms with E-state index in [0.717, 1.165) is 5.69 Å². The number of furan rings is 1. The first-order valence-electron chi connectivity index (χ1n) is 6.61. The van der Waals surface area contributed by atoms with Gasteiger partial charge in [-0.1, -0.05) is 18.2 Å². The zero-order valence-corrected chi connectivity index (χ0v) is 11.9. The van der Waals surface area contributed by atoms with Gasteiger partial charge in [-0.05, 0) is 32.0 Å². The number of rotatable bonds is 4. The summed E-state index contributed by atoms with van der Waals surface area (Å²) in [7, 11) is 0. The molecule has 0 aliphatic heterocycles. The van der Waals surface area contributed by atoms with Crippen LogP contribution in [0, 0.1) is 22.7 Å². The Morgan fingerprint density at radius 1 is 1.10 bits per heavy atom. The maximum Gasteiger partial charge on any atom is 0.200 e. The third-order valence-corrected chi connectivity index (χ3v) is 2.93. The first-order valence-corrected chi connectivity index (χ1v) is 6.61. The third kappa shape index (κ3) is 3.32. The summed E-state index contributed by atoms with van der Waals surface area (Å²) < 4.78 is 5.74. The van der Waals surface area contributed by atoms with Crippen LogP contribution in [0.3, 0.4) is 0 Å². The molecule has 104 valence electrons. The van der Waals surface area contributed by atoms with Gasteiger partial charge in [0.25, 0.3) is 0 Å². The van der Waals surface area contributed by atoms with Crippen molar-refractivity contribution in [2.45, 2.75) is 19.9 Å². The minimum Gasteiger partial charge on any atom is -0.441 e. The van der Waals surface area contributed by atoms with E-state index in [1.54, 1.807) is 6.07 Å². The molecule has 1 aromatic carbocycles. The third-order valence-electron chi connectivity index (χ3n) is 2.93. The molecular weight excluding hydrogens is 262 g/mol. The van der Waals surface area contributed by atoms with Crippen LogP contribution < -0.4 is 4.90 Å². The lowest BCUT2D eigenvalue weighted by atomic mass is 10.2. The number of para-hydroxylation sites is 1. The molecule has 2 rings (SSSR count). The van der Waals surface area contributed by atoms with E-state index in [-0.39, 0.29) is 11.6 Å². The van der Waals surface area contributed by atoms with Gasteiger partial charge in [-0.25, -0.2) is 0 Å². The van der Waals surface area contributed by atoms with Crippen LogP contribution in [0.4, 0.5) is 11.6 Å². The van der Waals surface area contributed by atoms with Gasteiger partial charge in [0.2, 0.25) is 5.88 Å². The van der Waals surface area contributed by atoms with Crippen LogP contribution >= 0.6 is 0 Å². The average molecular weight is 277 g/mol.